The molecular weight excluding hydrogens is 242 g/mol. The summed E-state index contributed by atoms with van der Waals surface area (Å²) in [6.45, 7) is 15.0. The van der Waals surface area contributed by atoms with Crippen molar-refractivity contribution in [3.8, 4) is 0 Å². The van der Waals surface area contributed by atoms with Gasteiger partial charge >= 0.3 is 0 Å². The molecule has 20 heavy (non-hydrogen) atoms. The average Bonchev–Trinajstić information content (AvgIpc) is 3.31. The Kier molecular flexibility index (Phi) is 5.12. The zero-order valence-electron chi connectivity index (χ0n) is 13.4. The van der Waals surface area contributed by atoms with Crippen LogP contribution in [0.25, 0.3) is 0 Å². The zero-order chi connectivity index (χ0) is 14.6. The minimum Gasteiger partial charge on any atom is -0.371 e. The largest absolute Gasteiger partial charge is 0.371 e. The molecule has 0 aromatic rings. The second-order valence-electron chi connectivity index (χ2n) is 6.95. The topological polar surface area (TPSA) is 3.24 Å². The minimum atomic E-state index is 0.515. The standard InChI is InChI=1S/C19H31N/c1-5-7-8-9-10-18-14-19(18,4)15-20(13-6-2)16(3)17-11-12-17/h6-8,17-18H,2-3,5,9-15H2,1,4H3/b8-7-. The van der Waals surface area contributed by atoms with Crippen LogP contribution in [0.4, 0.5) is 0 Å². The molecule has 2 atom stereocenters. The van der Waals surface area contributed by atoms with Crippen LogP contribution in [0.5, 0.6) is 0 Å². The summed E-state index contributed by atoms with van der Waals surface area (Å²) in [7, 11) is 0. The maximum Gasteiger partial charge on any atom is 0.0354 e. The molecule has 0 heterocycles. The van der Waals surface area contributed by atoms with Crippen LogP contribution >= 0.6 is 0 Å². The molecule has 2 saturated carbocycles. The molecule has 1 heteroatoms. The molecule has 0 radical (unpaired) electrons. The van der Waals surface area contributed by atoms with Crippen LogP contribution in [0, 0.1) is 17.3 Å². The number of hydrogen-bond acceptors (Lipinski definition) is 1. The Morgan fingerprint density at radius 1 is 1.35 bits per heavy atom. The van der Waals surface area contributed by atoms with E-state index in [0.717, 1.165) is 24.8 Å². The molecule has 112 valence electrons. The van der Waals surface area contributed by atoms with Crippen molar-refractivity contribution in [2.45, 2.75) is 52.4 Å². The maximum absolute atomic E-state index is 4.33. The molecule has 1 nitrogen and oxygen atoms in total. The molecule has 2 unspecified atom stereocenters. The summed E-state index contributed by atoms with van der Waals surface area (Å²) < 4.78 is 0. The molecule has 0 aliphatic heterocycles. The number of allylic oxidation sites excluding steroid dienone is 3. The van der Waals surface area contributed by atoms with Gasteiger partial charge in [-0.05, 0) is 55.8 Å². The average molecular weight is 273 g/mol. The number of rotatable bonds is 10. The van der Waals surface area contributed by atoms with E-state index in [1.165, 1.54) is 44.3 Å². The van der Waals surface area contributed by atoms with Crippen molar-refractivity contribution in [2.75, 3.05) is 13.1 Å². The van der Waals surface area contributed by atoms with Gasteiger partial charge in [0.05, 0.1) is 0 Å². The van der Waals surface area contributed by atoms with Gasteiger partial charge in [-0.1, -0.05) is 38.7 Å². The Bertz CT molecular complexity index is 377. The highest BCUT2D eigenvalue weighted by Crippen LogP contribution is 2.55. The van der Waals surface area contributed by atoms with E-state index in [4.69, 9.17) is 0 Å². The highest BCUT2D eigenvalue weighted by molar-refractivity contribution is 5.11. The molecule has 0 N–H and O–H groups in total. The van der Waals surface area contributed by atoms with Gasteiger partial charge in [0.2, 0.25) is 0 Å². The minimum absolute atomic E-state index is 0.515. The van der Waals surface area contributed by atoms with Crippen molar-refractivity contribution in [1.82, 2.24) is 4.90 Å². The Labute approximate surface area is 125 Å². The van der Waals surface area contributed by atoms with E-state index in [9.17, 15) is 0 Å². The van der Waals surface area contributed by atoms with Gasteiger partial charge in [0, 0.05) is 18.8 Å². The van der Waals surface area contributed by atoms with E-state index >= 15 is 0 Å². The summed E-state index contributed by atoms with van der Waals surface area (Å²) in [6.07, 6.45) is 14.5. The van der Waals surface area contributed by atoms with Gasteiger partial charge in [0.1, 0.15) is 0 Å². The van der Waals surface area contributed by atoms with E-state index in [2.05, 4.69) is 44.1 Å². The van der Waals surface area contributed by atoms with Crippen LogP contribution in [0.3, 0.4) is 0 Å². The van der Waals surface area contributed by atoms with Crippen LogP contribution in [0.2, 0.25) is 0 Å². The lowest BCUT2D eigenvalue weighted by atomic mass is 10.0. The zero-order valence-corrected chi connectivity index (χ0v) is 13.4. The smallest absolute Gasteiger partial charge is 0.0354 e. The third-order valence-corrected chi connectivity index (χ3v) is 4.98. The van der Waals surface area contributed by atoms with E-state index in [1.54, 1.807) is 0 Å². The second kappa shape index (κ2) is 6.65. The van der Waals surface area contributed by atoms with Crippen molar-refractivity contribution >= 4 is 0 Å². The van der Waals surface area contributed by atoms with Crippen molar-refractivity contribution in [3.63, 3.8) is 0 Å². The van der Waals surface area contributed by atoms with Gasteiger partial charge in [-0.2, -0.15) is 0 Å². The van der Waals surface area contributed by atoms with E-state index in [1.807, 2.05) is 6.08 Å². The molecular formula is C19H31N. The quantitative estimate of drug-likeness (QED) is 0.496. The first-order valence-corrected chi connectivity index (χ1v) is 8.30. The second-order valence-corrected chi connectivity index (χ2v) is 6.95. The molecule has 0 aromatic heterocycles. The maximum atomic E-state index is 4.33. The van der Waals surface area contributed by atoms with Crippen molar-refractivity contribution in [1.29, 1.82) is 0 Å². The third-order valence-electron chi connectivity index (χ3n) is 4.98. The molecule has 0 amide bonds. The summed E-state index contributed by atoms with van der Waals surface area (Å²) in [5.41, 5.74) is 1.88. The van der Waals surface area contributed by atoms with Crippen LogP contribution in [-0.4, -0.2) is 18.0 Å². The third kappa shape index (κ3) is 4.01. The lowest BCUT2D eigenvalue weighted by molar-refractivity contribution is 0.279. The molecule has 0 bridgehead atoms. The number of hydrogen-bond donors (Lipinski definition) is 0. The predicted molar refractivity (Wildman–Crippen MR) is 88.5 cm³/mol. The Morgan fingerprint density at radius 3 is 2.70 bits per heavy atom. The van der Waals surface area contributed by atoms with Gasteiger partial charge in [-0.25, -0.2) is 0 Å². The van der Waals surface area contributed by atoms with Gasteiger partial charge in [-0.3, -0.25) is 0 Å². The fourth-order valence-electron chi connectivity index (χ4n) is 3.28. The predicted octanol–water partition coefficient (Wildman–Crippen LogP) is 5.17. The van der Waals surface area contributed by atoms with E-state index in [0.29, 0.717) is 5.41 Å². The Balaban J connectivity index is 1.79. The first-order chi connectivity index (χ1) is 9.60. The van der Waals surface area contributed by atoms with E-state index < -0.39 is 0 Å². The van der Waals surface area contributed by atoms with Crippen LogP contribution in [0.15, 0.2) is 37.1 Å². The first-order valence-electron chi connectivity index (χ1n) is 8.30. The first kappa shape index (κ1) is 15.4. The van der Waals surface area contributed by atoms with Gasteiger partial charge in [0.25, 0.3) is 0 Å². The van der Waals surface area contributed by atoms with Crippen LogP contribution in [0.1, 0.15) is 52.4 Å². The fourth-order valence-corrected chi connectivity index (χ4v) is 3.28. The molecule has 0 saturated heterocycles. The molecule has 2 aliphatic carbocycles. The van der Waals surface area contributed by atoms with Crippen LogP contribution in [-0.2, 0) is 0 Å². The van der Waals surface area contributed by atoms with Gasteiger partial charge in [0.15, 0.2) is 0 Å². The summed E-state index contributed by atoms with van der Waals surface area (Å²) in [4.78, 5) is 2.49. The lowest BCUT2D eigenvalue weighted by Crippen LogP contribution is -2.30. The van der Waals surface area contributed by atoms with Crippen molar-refractivity contribution in [2.24, 2.45) is 17.3 Å². The van der Waals surface area contributed by atoms with Crippen LogP contribution < -0.4 is 0 Å². The molecule has 2 aliphatic rings. The summed E-state index contributed by atoms with van der Waals surface area (Å²) >= 11 is 0. The molecule has 0 spiro atoms. The molecule has 0 aromatic carbocycles. The van der Waals surface area contributed by atoms with Crippen molar-refractivity contribution < 1.29 is 0 Å². The lowest BCUT2D eigenvalue weighted by Gasteiger charge is -2.29. The Hall–Kier alpha value is -0.980. The molecule has 2 rings (SSSR count). The van der Waals surface area contributed by atoms with Gasteiger partial charge < -0.3 is 4.90 Å². The van der Waals surface area contributed by atoms with E-state index in [-0.39, 0.29) is 0 Å². The normalized spacial score (nSPS) is 28.6. The van der Waals surface area contributed by atoms with Crippen molar-refractivity contribution in [3.05, 3.63) is 37.1 Å². The fraction of sp³-hybridized carbons (Fsp3) is 0.684. The van der Waals surface area contributed by atoms with Gasteiger partial charge in [-0.15, -0.1) is 6.58 Å². The summed E-state index contributed by atoms with van der Waals surface area (Å²) in [6, 6.07) is 0. The summed E-state index contributed by atoms with van der Waals surface area (Å²) in [5.74, 6) is 1.67. The number of nitrogens with zero attached hydrogens (tertiary/aromatic N) is 1. The highest BCUT2D eigenvalue weighted by Gasteiger charge is 2.50. The summed E-state index contributed by atoms with van der Waals surface area (Å²) in [5, 5.41) is 0. The highest BCUT2D eigenvalue weighted by atomic mass is 15.2. The monoisotopic (exact) mass is 273 g/mol. The Morgan fingerprint density at radius 2 is 2.10 bits per heavy atom. The molecule has 2 fully saturated rings. The SMILES string of the molecule is C=CCN(CC1(C)CC1CC/C=C\CC)C(=C)C1CC1.